The highest BCUT2D eigenvalue weighted by molar-refractivity contribution is 6.02. The number of benzene rings is 1. The Hall–Kier alpha value is -4.87. The molecule has 3 saturated heterocycles. The van der Waals surface area contributed by atoms with Crippen molar-refractivity contribution < 1.29 is 57.1 Å². The number of alkyl carbamates (subject to hydrolysis) is 1. The average Bonchev–Trinajstić information content (AvgIpc) is 3.20. The molecule has 3 fully saturated rings. The van der Waals surface area contributed by atoms with Crippen LogP contribution in [0.3, 0.4) is 0 Å². The summed E-state index contributed by atoms with van der Waals surface area (Å²) in [7, 11) is 0. The van der Waals surface area contributed by atoms with Crippen LogP contribution in [0, 0.1) is 35.0 Å². The molecule has 4 rings (SSSR count). The fourth-order valence-corrected chi connectivity index (χ4v) is 8.78. The number of aryl methyl sites for hydroxylation is 1. The van der Waals surface area contributed by atoms with Gasteiger partial charge in [0.15, 0.2) is 18.1 Å². The zero-order valence-corrected chi connectivity index (χ0v) is 40.1. The summed E-state index contributed by atoms with van der Waals surface area (Å²) in [5, 5.41) is 21.1. The molecule has 3 N–H and O–H groups in total. The molecule has 362 valence electrons. The Morgan fingerprint density at radius 1 is 0.862 bits per heavy atom. The Bertz CT molecular complexity index is 1870. The summed E-state index contributed by atoms with van der Waals surface area (Å²) < 4.78 is 39.2. The molecule has 17 nitrogen and oxygen atoms in total. The summed E-state index contributed by atoms with van der Waals surface area (Å²) in [5.74, 6) is -4.46. The third-order valence-corrected chi connectivity index (χ3v) is 12.0. The van der Waals surface area contributed by atoms with Crippen LogP contribution in [0.15, 0.2) is 24.3 Å². The lowest BCUT2D eigenvalue weighted by molar-refractivity contribution is -0.292. The zero-order chi connectivity index (χ0) is 48.1. The molecule has 0 radical (unpaired) electrons. The smallest absolute Gasteiger partial charge is 0.407 e. The van der Waals surface area contributed by atoms with Crippen LogP contribution in [0.5, 0.6) is 0 Å². The summed E-state index contributed by atoms with van der Waals surface area (Å²) in [6.07, 6.45) is 2.78. The second kappa shape index (κ2) is 24.1. The maximum Gasteiger partial charge on any atom is 0.407 e. The maximum atomic E-state index is 12.4. The van der Waals surface area contributed by atoms with Gasteiger partial charge in [-0.3, -0.25) is 24.6 Å². The van der Waals surface area contributed by atoms with E-state index < -0.39 is 72.7 Å². The number of hydrogen-bond donors (Lipinski definition) is 3. The van der Waals surface area contributed by atoms with Crippen molar-refractivity contribution in [1.29, 1.82) is 10.8 Å². The van der Waals surface area contributed by atoms with Gasteiger partial charge in [-0.1, -0.05) is 44.2 Å². The molecule has 3 aliphatic rings. The Balaban J connectivity index is 1.38. The quantitative estimate of drug-likeness (QED) is 0.0666. The van der Waals surface area contributed by atoms with Gasteiger partial charge in [-0.05, 0) is 114 Å². The Morgan fingerprint density at radius 2 is 1.51 bits per heavy atom. The Labute approximate surface area is 384 Å². The number of piperidine rings is 2. The van der Waals surface area contributed by atoms with Crippen LogP contribution in [0.2, 0.25) is 0 Å². The minimum Gasteiger partial charge on any atom is -0.463 e. The van der Waals surface area contributed by atoms with Crippen LogP contribution in [0.1, 0.15) is 111 Å². The first-order chi connectivity index (χ1) is 30.5. The van der Waals surface area contributed by atoms with Gasteiger partial charge in [0.1, 0.15) is 18.3 Å². The van der Waals surface area contributed by atoms with E-state index in [0.717, 1.165) is 96.0 Å². The highest BCUT2D eigenvalue weighted by Crippen LogP contribution is 2.40. The van der Waals surface area contributed by atoms with Gasteiger partial charge in [0.05, 0.1) is 5.92 Å². The molecule has 65 heavy (non-hydrogen) atoms. The lowest BCUT2D eigenvalue weighted by atomic mass is 9.72. The number of nitrogens with one attached hydrogen (secondary N) is 3. The second-order valence-electron chi connectivity index (χ2n) is 18.9. The van der Waals surface area contributed by atoms with Gasteiger partial charge in [0.2, 0.25) is 12.4 Å². The molecule has 1 aromatic rings. The van der Waals surface area contributed by atoms with Gasteiger partial charge < -0.3 is 53.7 Å². The first kappa shape index (κ1) is 52.8. The van der Waals surface area contributed by atoms with E-state index >= 15 is 0 Å². The van der Waals surface area contributed by atoms with Crippen LogP contribution in [-0.4, -0.2) is 140 Å². The van der Waals surface area contributed by atoms with Crippen molar-refractivity contribution in [3.05, 3.63) is 41.0 Å². The highest BCUT2D eigenvalue weighted by atomic mass is 16.7. The summed E-state index contributed by atoms with van der Waals surface area (Å²) >= 11 is 0. The van der Waals surface area contributed by atoms with Gasteiger partial charge in [-0.15, -0.1) is 0 Å². The predicted octanol–water partition coefficient (Wildman–Crippen LogP) is 6.01. The molecular weight excluding hydrogens is 839 g/mol. The molecule has 6 unspecified atom stereocenters. The second-order valence-corrected chi connectivity index (χ2v) is 18.9. The number of esters is 4. The summed E-state index contributed by atoms with van der Waals surface area (Å²) in [6.45, 7) is 22.1. The van der Waals surface area contributed by atoms with Gasteiger partial charge in [0, 0.05) is 59.6 Å². The van der Waals surface area contributed by atoms with E-state index in [1.165, 1.54) is 19.8 Å². The molecule has 0 saturated carbocycles. The molecule has 17 heteroatoms. The van der Waals surface area contributed by atoms with E-state index in [9.17, 15) is 29.4 Å². The van der Waals surface area contributed by atoms with E-state index in [0.29, 0.717) is 12.0 Å². The number of hydrogen-bond acceptors (Lipinski definition) is 16. The topological polar surface area (TPSA) is 216 Å². The molecular formula is C48H73N5O12. The van der Waals surface area contributed by atoms with Crippen LogP contribution in [-0.2, 0) is 58.8 Å². The average molecular weight is 912 g/mol. The SMILES string of the molecule is CC(=O)OCC1OC(OC(=N)C(Cc2ccc(C=CCCN3CCCC4(CCN(CCNC(=O)OC(C)(C)C)CC4)C3)cc2C)C(=N)C(C)C)C(OC(C)=O)C(OC(C)=O)C1OC(C)=O. The third-order valence-electron chi connectivity index (χ3n) is 12.0. The number of amides is 1. The number of nitrogens with zero attached hydrogens (tertiary/aromatic N) is 2. The van der Waals surface area contributed by atoms with Crippen molar-refractivity contribution in [2.45, 2.75) is 144 Å². The lowest BCUT2D eigenvalue weighted by Crippen LogP contribution is -2.63. The zero-order valence-electron chi connectivity index (χ0n) is 40.1. The van der Waals surface area contributed by atoms with Crippen LogP contribution in [0.25, 0.3) is 6.08 Å². The molecule has 0 aliphatic carbocycles. The first-order valence-corrected chi connectivity index (χ1v) is 22.9. The van der Waals surface area contributed by atoms with E-state index in [-0.39, 0.29) is 30.0 Å². The fraction of sp³-hybridized carbons (Fsp3) is 0.688. The number of rotatable bonds is 18. The van der Waals surface area contributed by atoms with Crippen LogP contribution < -0.4 is 5.32 Å². The van der Waals surface area contributed by atoms with E-state index in [2.05, 4.69) is 33.3 Å². The highest BCUT2D eigenvalue weighted by Gasteiger charge is 2.54. The molecule has 0 aromatic heterocycles. The van der Waals surface area contributed by atoms with Crippen molar-refractivity contribution in [3.8, 4) is 0 Å². The van der Waals surface area contributed by atoms with Crippen molar-refractivity contribution in [1.82, 2.24) is 15.1 Å². The predicted molar refractivity (Wildman–Crippen MR) is 243 cm³/mol. The molecule has 6 atom stereocenters. The fourth-order valence-electron chi connectivity index (χ4n) is 8.78. The molecule has 0 bridgehead atoms. The number of carbonyl (C=O) groups is 5. The normalized spacial score (nSPS) is 23.0. The van der Waals surface area contributed by atoms with Crippen LogP contribution in [0.4, 0.5) is 4.79 Å². The number of ether oxygens (including phenoxy) is 7. The minimum absolute atomic E-state index is 0.224. The van der Waals surface area contributed by atoms with Crippen molar-refractivity contribution in [2.75, 3.05) is 52.4 Å². The monoisotopic (exact) mass is 912 g/mol. The Morgan fingerprint density at radius 3 is 2.11 bits per heavy atom. The largest absolute Gasteiger partial charge is 0.463 e. The molecule has 1 spiro atoms. The van der Waals surface area contributed by atoms with Crippen molar-refractivity contribution in [3.63, 3.8) is 0 Å². The summed E-state index contributed by atoms with van der Waals surface area (Å²) in [4.78, 5) is 65.7. The third kappa shape index (κ3) is 16.8. The minimum atomic E-state index is -1.58. The molecule has 3 aliphatic heterocycles. The van der Waals surface area contributed by atoms with Gasteiger partial charge in [-0.25, -0.2) is 4.79 Å². The lowest BCUT2D eigenvalue weighted by Gasteiger charge is -2.47. The summed E-state index contributed by atoms with van der Waals surface area (Å²) in [6, 6.07) is 6.09. The molecule has 1 aromatic carbocycles. The van der Waals surface area contributed by atoms with Crippen molar-refractivity contribution in [2.24, 2.45) is 17.3 Å². The van der Waals surface area contributed by atoms with Gasteiger partial charge in [0.25, 0.3) is 0 Å². The van der Waals surface area contributed by atoms with Gasteiger partial charge in [-0.2, -0.15) is 0 Å². The van der Waals surface area contributed by atoms with E-state index in [1.807, 2.05) is 53.7 Å². The van der Waals surface area contributed by atoms with Gasteiger partial charge >= 0.3 is 30.0 Å². The standard InChI is InChI=1S/C48H73N5O12/c1-30(2)40(49)38(44(50)64-45-43(62-35(7)57)42(61-34(6)56)41(60-33(5)55)39(63-45)28-59-32(4)54)27-37-16-15-36(26-31(37)3)14-11-12-21-53-22-13-17-48(29-53)18-23-52(24-19-48)25-20-51-46(58)65-47(8,9)10/h11,14-16,26,30,38-39,41-43,45,49-50H,12-13,17-25,27-29H2,1-10H3,(H,51,58). The molecule has 3 heterocycles. The maximum absolute atomic E-state index is 12.4. The number of likely N-dealkylation sites (tertiary alicyclic amines) is 2. The summed E-state index contributed by atoms with van der Waals surface area (Å²) in [5.41, 5.74) is 2.97. The molecule has 1 amide bonds. The first-order valence-electron chi connectivity index (χ1n) is 22.9. The van der Waals surface area contributed by atoms with Crippen LogP contribution >= 0.6 is 0 Å². The van der Waals surface area contributed by atoms with E-state index in [4.69, 9.17) is 38.6 Å². The Kier molecular flexibility index (Phi) is 19.5. The van der Waals surface area contributed by atoms with E-state index in [1.54, 1.807) is 0 Å². The van der Waals surface area contributed by atoms with Crippen molar-refractivity contribution >= 4 is 47.7 Å². The number of carbonyl (C=O) groups excluding carboxylic acids is 5.